The lowest BCUT2D eigenvalue weighted by molar-refractivity contribution is -0.384. The Labute approximate surface area is 158 Å². The molecule has 0 atom stereocenters. The second kappa shape index (κ2) is 9.16. The molecule has 0 bridgehead atoms. The molecule has 0 unspecified atom stereocenters. The molecule has 0 saturated heterocycles. The lowest BCUT2D eigenvalue weighted by atomic mass is 10.2. The molecule has 0 aromatic heterocycles. The van der Waals surface area contributed by atoms with E-state index in [2.05, 4.69) is 22.6 Å². The Morgan fingerprint density at radius 1 is 1.24 bits per heavy atom. The summed E-state index contributed by atoms with van der Waals surface area (Å²) in [7, 11) is 0. The van der Waals surface area contributed by atoms with Gasteiger partial charge in [-0.15, -0.1) is 0 Å². The minimum Gasteiger partial charge on any atom is -0.488 e. The molecule has 0 saturated carbocycles. The van der Waals surface area contributed by atoms with Gasteiger partial charge in [0.05, 0.1) is 15.1 Å². The molecular formula is C18H16INO5. The fourth-order valence-corrected chi connectivity index (χ4v) is 2.66. The van der Waals surface area contributed by atoms with E-state index in [1.54, 1.807) is 25.1 Å². The summed E-state index contributed by atoms with van der Waals surface area (Å²) in [6.45, 7) is 2.41. The first-order chi connectivity index (χ1) is 12.0. The van der Waals surface area contributed by atoms with Crippen molar-refractivity contribution in [2.45, 2.75) is 13.5 Å². The Kier molecular flexibility index (Phi) is 6.93. The second-order valence-corrected chi connectivity index (χ2v) is 6.15. The van der Waals surface area contributed by atoms with E-state index < -0.39 is 4.92 Å². The SMILES string of the molecule is CCOC(=O)/C=C/c1ccc(OCc2ccc([N+](=O)[O-])cc2)c(I)c1. The van der Waals surface area contributed by atoms with Gasteiger partial charge in [0.25, 0.3) is 5.69 Å². The Morgan fingerprint density at radius 2 is 1.96 bits per heavy atom. The van der Waals surface area contributed by atoms with E-state index in [0.717, 1.165) is 14.7 Å². The molecule has 0 radical (unpaired) electrons. The van der Waals surface area contributed by atoms with Crippen LogP contribution in [0.1, 0.15) is 18.1 Å². The van der Waals surface area contributed by atoms with Crippen molar-refractivity contribution in [1.29, 1.82) is 0 Å². The van der Waals surface area contributed by atoms with Gasteiger partial charge in [-0.2, -0.15) is 0 Å². The molecule has 130 valence electrons. The predicted octanol–water partition coefficient (Wildman–Crippen LogP) is 4.35. The quantitative estimate of drug-likeness (QED) is 0.205. The Bertz CT molecular complexity index is 787. The molecule has 0 fully saturated rings. The fraction of sp³-hybridized carbons (Fsp3) is 0.167. The fourth-order valence-electron chi connectivity index (χ4n) is 1.97. The lowest BCUT2D eigenvalue weighted by Gasteiger charge is -2.09. The molecule has 6 nitrogen and oxygen atoms in total. The molecule has 0 aliphatic carbocycles. The number of ether oxygens (including phenoxy) is 2. The molecule has 0 amide bonds. The van der Waals surface area contributed by atoms with Crippen LogP contribution in [-0.2, 0) is 16.1 Å². The van der Waals surface area contributed by atoms with Crippen LogP contribution in [0.2, 0.25) is 0 Å². The van der Waals surface area contributed by atoms with Gasteiger partial charge in [0.2, 0.25) is 0 Å². The van der Waals surface area contributed by atoms with Gasteiger partial charge in [0, 0.05) is 18.2 Å². The number of nitrogens with zero attached hydrogens (tertiary/aromatic N) is 1. The topological polar surface area (TPSA) is 78.7 Å². The van der Waals surface area contributed by atoms with Gasteiger partial charge in [0.1, 0.15) is 12.4 Å². The van der Waals surface area contributed by atoms with Crippen LogP contribution in [-0.4, -0.2) is 17.5 Å². The van der Waals surface area contributed by atoms with Crippen molar-refractivity contribution in [1.82, 2.24) is 0 Å². The molecule has 0 heterocycles. The third-order valence-corrected chi connectivity index (χ3v) is 4.04. The summed E-state index contributed by atoms with van der Waals surface area (Å²) < 4.78 is 11.5. The third-order valence-electron chi connectivity index (χ3n) is 3.20. The number of carbonyl (C=O) groups excluding carboxylic acids is 1. The summed E-state index contributed by atoms with van der Waals surface area (Å²) in [6, 6.07) is 11.8. The van der Waals surface area contributed by atoms with E-state index in [9.17, 15) is 14.9 Å². The van der Waals surface area contributed by atoms with Crippen LogP contribution in [0.3, 0.4) is 0 Å². The van der Waals surface area contributed by atoms with Crippen LogP contribution in [0, 0.1) is 13.7 Å². The number of nitro groups is 1. The van der Waals surface area contributed by atoms with E-state index in [-0.39, 0.29) is 11.7 Å². The minimum absolute atomic E-state index is 0.0519. The van der Waals surface area contributed by atoms with Crippen LogP contribution >= 0.6 is 22.6 Å². The molecule has 0 aliphatic heterocycles. The van der Waals surface area contributed by atoms with Gasteiger partial charge in [-0.05, 0) is 71.0 Å². The summed E-state index contributed by atoms with van der Waals surface area (Å²) in [5.41, 5.74) is 1.75. The maximum atomic E-state index is 11.3. The number of esters is 1. The first-order valence-electron chi connectivity index (χ1n) is 7.50. The standard InChI is InChI=1S/C18H16INO5/c1-2-24-18(21)10-6-13-5-9-17(16(19)11-13)25-12-14-3-7-15(8-4-14)20(22)23/h3-11H,2,12H2,1H3/b10-6+. The molecule has 7 heteroatoms. The van der Waals surface area contributed by atoms with Crippen molar-refractivity contribution in [2.75, 3.05) is 6.61 Å². The average molecular weight is 453 g/mol. The Hall–Kier alpha value is -2.42. The monoisotopic (exact) mass is 453 g/mol. The normalized spacial score (nSPS) is 10.6. The maximum Gasteiger partial charge on any atom is 0.330 e. The molecular weight excluding hydrogens is 437 g/mol. The minimum atomic E-state index is -0.434. The molecule has 25 heavy (non-hydrogen) atoms. The van der Waals surface area contributed by atoms with Crippen LogP contribution in [0.4, 0.5) is 5.69 Å². The highest BCUT2D eigenvalue weighted by molar-refractivity contribution is 14.1. The van der Waals surface area contributed by atoms with Crippen molar-refractivity contribution in [2.24, 2.45) is 0 Å². The summed E-state index contributed by atoms with van der Waals surface area (Å²) in [5.74, 6) is 0.322. The first kappa shape index (κ1) is 18.9. The van der Waals surface area contributed by atoms with E-state index in [0.29, 0.717) is 19.0 Å². The number of rotatable bonds is 7. The summed E-state index contributed by atoms with van der Waals surface area (Å²) in [4.78, 5) is 21.5. The Balaban J connectivity index is 1.98. The van der Waals surface area contributed by atoms with Crippen molar-refractivity contribution in [3.05, 3.63) is 73.4 Å². The van der Waals surface area contributed by atoms with E-state index in [4.69, 9.17) is 9.47 Å². The van der Waals surface area contributed by atoms with E-state index >= 15 is 0 Å². The highest BCUT2D eigenvalue weighted by Crippen LogP contribution is 2.24. The number of halogens is 1. The molecule has 2 rings (SSSR count). The molecule has 0 N–H and O–H groups in total. The van der Waals surface area contributed by atoms with Crippen molar-refractivity contribution < 1.29 is 19.2 Å². The van der Waals surface area contributed by atoms with Crippen molar-refractivity contribution in [3.63, 3.8) is 0 Å². The predicted molar refractivity (Wildman–Crippen MR) is 102 cm³/mol. The molecule has 0 spiro atoms. The zero-order valence-electron chi connectivity index (χ0n) is 13.5. The molecule has 2 aromatic carbocycles. The van der Waals surface area contributed by atoms with Crippen molar-refractivity contribution >= 4 is 40.3 Å². The number of non-ortho nitro benzene ring substituents is 1. The van der Waals surface area contributed by atoms with Crippen LogP contribution in [0.5, 0.6) is 5.75 Å². The smallest absolute Gasteiger partial charge is 0.330 e. The zero-order chi connectivity index (χ0) is 18.2. The summed E-state index contributed by atoms with van der Waals surface area (Å²) in [5, 5.41) is 10.6. The number of hydrogen-bond donors (Lipinski definition) is 0. The van der Waals surface area contributed by atoms with E-state index in [1.165, 1.54) is 18.2 Å². The highest BCUT2D eigenvalue weighted by Gasteiger charge is 2.06. The van der Waals surface area contributed by atoms with E-state index in [1.807, 2.05) is 18.2 Å². The van der Waals surface area contributed by atoms with Gasteiger partial charge in [0.15, 0.2) is 0 Å². The van der Waals surface area contributed by atoms with Gasteiger partial charge >= 0.3 is 5.97 Å². The van der Waals surface area contributed by atoms with Crippen molar-refractivity contribution in [3.8, 4) is 5.75 Å². The van der Waals surface area contributed by atoms with Crippen LogP contribution < -0.4 is 4.74 Å². The van der Waals surface area contributed by atoms with Gasteiger partial charge in [-0.1, -0.05) is 6.07 Å². The van der Waals surface area contributed by atoms with Gasteiger partial charge in [-0.3, -0.25) is 10.1 Å². The summed E-state index contributed by atoms with van der Waals surface area (Å²) >= 11 is 2.15. The largest absolute Gasteiger partial charge is 0.488 e. The maximum absolute atomic E-state index is 11.3. The first-order valence-corrected chi connectivity index (χ1v) is 8.58. The average Bonchev–Trinajstić information content (AvgIpc) is 2.60. The number of hydrogen-bond acceptors (Lipinski definition) is 5. The summed E-state index contributed by atoms with van der Waals surface area (Å²) in [6.07, 6.45) is 3.06. The molecule has 0 aliphatic rings. The van der Waals surface area contributed by atoms with Crippen LogP contribution in [0.25, 0.3) is 6.08 Å². The third kappa shape index (κ3) is 5.86. The number of carbonyl (C=O) groups is 1. The lowest BCUT2D eigenvalue weighted by Crippen LogP contribution is -1.99. The van der Waals surface area contributed by atoms with Gasteiger partial charge < -0.3 is 9.47 Å². The van der Waals surface area contributed by atoms with Crippen LogP contribution in [0.15, 0.2) is 48.5 Å². The number of benzene rings is 2. The molecule has 2 aromatic rings. The number of nitro benzene ring substituents is 1. The zero-order valence-corrected chi connectivity index (χ0v) is 15.6. The van der Waals surface area contributed by atoms with Gasteiger partial charge in [-0.25, -0.2) is 4.79 Å². The second-order valence-electron chi connectivity index (χ2n) is 4.99. The highest BCUT2D eigenvalue weighted by atomic mass is 127. The Morgan fingerprint density at radius 3 is 2.56 bits per heavy atom.